The zero-order chi connectivity index (χ0) is 12.1. The number of pyridine rings is 1. The number of hydrogen-bond donors (Lipinski definition) is 1. The quantitative estimate of drug-likeness (QED) is 0.464. The van der Waals surface area contributed by atoms with Crippen LogP contribution in [0.25, 0.3) is 0 Å². The molecule has 86 valence electrons. The van der Waals surface area contributed by atoms with E-state index in [4.69, 9.17) is 0 Å². The number of nitro groups is 1. The summed E-state index contributed by atoms with van der Waals surface area (Å²) in [5, 5.41) is 13.2. The molecule has 1 rings (SSSR count). The Kier molecular flexibility index (Phi) is 3.76. The molecule has 0 saturated heterocycles. The number of carbonyl (C=O) groups is 1. The van der Waals surface area contributed by atoms with Crippen molar-refractivity contribution in [2.75, 3.05) is 19.0 Å². The molecule has 0 spiro atoms. The maximum Gasteiger partial charge on any atom is 0.325 e. The molecule has 0 saturated carbocycles. The average molecular weight is 225 g/mol. The lowest BCUT2D eigenvalue weighted by Gasteiger charge is -2.05. The van der Waals surface area contributed by atoms with Gasteiger partial charge in [0.15, 0.2) is 0 Å². The van der Waals surface area contributed by atoms with E-state index in [0.717, 1.165) is 0 Å². The standard InChI is InChI=1S/C9H11N3O4/c1-6-3-7(12(14)15)9(10-4-6)11-5-8(13)16-2/h3-4H,5H2,1-2H3,(H,10,11). The minimum atomic E-state index is -0.556. The van der Waals surface area contributed by atoms with Gasteiger partial charge in [-0.15, -0.1) is 0 Å². The lowest BCUT2D eigenvalue weighted by atomic mass is 10.3. The Morgan fingerprint density at radius 3 is 2.94 bits per heavy atom. The average Bonchev–Trinajstić information content (AvgIpc) is 2.26. The number of anilines is 1. The Balaban J connectivity index is 2.87. The van der Waals surface area contributed by atoms with Crippen LogP contribution in [0.3, 0.4) is 0 Å². The molecule has 1 heterocycles. The van der Waals surface area contributed by atoms with Crippen LogP contribution in [0.5, 0.6) is 0 Å². The van der Waals surface area contributed by atoms with Crippen molar-refractivity contribution in [3.05, 3.63) is 27.9 Å². The lowest BCUT2D eigenvalue weighted by molar-refractivity contribution is -0.384. The number of aryl methyl sites for hydroxylation is 1. The third-order valence-corrected chi connectivity index (χ3v) is 1.83. The van der Waals surface area contributed by atoms with E-state index in [0.29, 0.717) is 5.56 Å². The van der Waals surface area contributed by atoms with Gasteiger partial charge >= 0.3 is 11.7 Å². The lowest BCUT2D eigenvalue weighted by Crippen LogP contribution is -2.16. The summed E-state index contributed by atoms with van der Waals surface area (Å²) in [6, 6.07) is 1.38. The number of rotatable bonds is 4. The fourth-order valence-electron chi connectivity index (χ4n) is 1.06. The predicted molar refractivity (Wildman–Crippen MR) is 56.1 cm³/mol. The van der Waals surface area contributed by atoms with Crippen LogP contribution in [0.2, 0.25) is 0 Å². The number of aromatic nitrogens is 1. The SMILES string of the molecule is COC(=O)CNc1ncc(C)cc1[N+](=O)[O-]. The summed E-state index contributed by atoms with van der Waals surface area (Å²) < 4.78 is 4.40. The van der Waals surface area contributed by atoms with Gasteiger partial charge in [-0.1, -0.05) is 0 Å². The Morgan fingerprint density at radius 2 is 2.38 bits per heavy atom. The van der Waals surface area contributed by atoms with Crippen LogP contribution in [-0.4, -0.2) is 29.5 Å². The van der Waals surface area contributed by atoms with E-state index in [-0.39, 0.29) is 18.1 Å². The van der Waals surface area contributed by atoms with E-state index < -0.39 is 10.9 Å². The van der Waals surface area contributed by atoms with Crippen molar-refractivity contribution in [2.45, 2.75) is 6.92 Å². The molecule has 0 radical (unpaired) electrons. The maximum atomic E-state index is 10.9. The van der Waals surface area contributed by atoms with Crippen molar-refractivity contribution in [3.8, 4) is 0 Å². The van der Waals surface area contributed by atoms with Crippen molar-refractivity contribution >= 4 is 17.5 Å². The molecule has 0 aliphatic heterocycles. The minimum Gasteiger partial charge on any atom is -0.468 e. The van der Waals surface area contributed by atoms with Gasteiger partial charge in [0.25, 0.3) is 0 Å². The highest BCUT2D eigenvalue weighted by atomic mass is 16.6. The van der Waals surface area contributed by atoms with Gasteiger partial charge in [-0.05, 0) is 12.5 Å². The third kappa shape index (κ3) is 2.91. The van der Waals surface area contributed by atoms with Crippen LogP contribution in [0.1, 0.15) is 5.56 Å². The van der Waals surface area contributed by atoms with Crippen LogP contribution in [0.4, 0.5) is 11.5 Å². The molecule has 0 bridgehead atoms. The number of methoxy groups -OCH3 is 1. The molecule has 1 N–H and O–H groups in total. The highest BCUT2D eigenvalue weighted by Gasteiger charge is 2.15. The normalized spacial score (nSPS) is 9.62. The van der Waals surface area contributed by atoms with Crippen molar-refractivity contribution < 1.29 is 14.5 Å². The first-order valence-electron chi connectivity index (χ1n) is 4.46. The van der Waals surface area contributed by atoms with Gasteiger partial charge in [-0.2, -0.15) is 0 Å². The van der Waals surface area contributed by atoms with Gasteiger partial charge in [-0.3, -0.25) is 14.9 Å². The molecule has 0 unspecified atom stereocenters. The number of ether oxygens (including phenoxy) is 1. The van der Waals surface area contributed by atoms with Gasteiger partial charge in [0, 0.05) is 12.3 Å². The Labute approximate surface area is 91.6 Å². The van der Waals surface area contributed by atoms with E-state index in [2.05, 4.69) is 15.0 Å². The second-order valence-electron chi connectivity index (χ2n) is 3.07. The molecule has 0 aliphatic rings. The second kappa shape index (κ2) is 5.06. The number of nitrogens with zero attached hydrogens (tertiary/aromatic N) is 2. The fourth-order valence-corrected chi connectivity index (χ4v) is 1.06. The first-order chi connectivity index (χ1) is 7.54. The zero-order valence-electron chi connectivity index (χ0n) is 8.89. The molecule has 0 aliphatic carbocycles. The molecule has 1 aromatic rings. The van der Waals surface area contributed by atoms with Gasteiger partial charge in [0.1, 0.15) is 6.54 Å². The molecule has 16 heavy (non-hydrogen) atoms. The van der Waals surface area contributed by atoms with Gasteiger partial charge in [0.2, 0.25) is 5.82 Å². The summed E-state index contributed by atoms with van der Waals surface area (Å²) in [6.45, 7) is 1.54. The minimum absolute atomic E-state index is 0.0565. The summed E-state index contributed by atoms with van der Waals surface area (Å²) in [5.74, 6) is -0.460. The smallest absolute Gasteiger partial charge is 0.325 e. The van der Waals surface area contributed by atoms with Crippen LogP contribution >= 0.6 is 0 Å². The van der Waals surface area contributed by atoms with Crippen molar-refractivity contribution in [3.63, 3.8) is 0 Å². The van der Waals surface area contributed by atoms with E-state index in [1.54, 1.807) is 6.92 Å². The van der Waals surface area contributed by atoms with E-state index in [1.807, 2.05) is 0 Å². The molecule has 1 aromatic heterocycles. The molecular formula is C9H11N3O4. The second-order valence-corrected chi connectivity index (χ2v) is 3.07. The fraction of sp³-hybridized carbons (Fsp3) is 0.333. The summed E-state index contributed by atoms with van der Waals surface area (Å²) in [4.78, 5) is 24.8. The molecule has 0 atom stereocenters. The molecular weight excluding hydrogens is 214 g/mol. The topological polar surface area (TPSA) is 94.4 Å². The largest absolute Gasteiger partial charge is 0.468 e. The Hall–Kier alpha value is -2.18. The van der Waals surface area contributed by atoms with E-state index >= 15 is 0 Å². The van der Waals surface area contributed by atoms with E-state index in [1.165, 1.54) is 19.4 Å². The van der Waals surface area contributed by atoms with Gasteiger partial charge < -0.3 is 10.1 Å². The van der Waals surface area contributed by atoms with Crippen LogP contribution in [0.15, 0.2) is 12.3 Å². The highest BCUT2D eigenvalue weighted by molar-refractivity contribution is 5.75. The predicted octanol–water partition coefficient (Wildman–Crippen LogP) is 0.883. The van der Waals surface area contributed by atoms with Crippen molar-refractivity contribution in [1.29, 1.82) is 0 Å². The van der Waals surface area contributed by atoms with E-state index in [9.17, 15) is 14.9 Å². The molecule has 0 amide bonds. The molecule has 0 fully saturated rings. The molecule has 7 nitrogen and oxygen atoms in total. The highest BCUT2D eigenvalue weighted by Crippen LogP contribution is 2.21. The monoisotopic (exact) mass is 225 g/mol. The third-order valence-electron chi connectivity index (χ3n) is 1.83. The zero-order valence-corrected chi connectivity index (χ0v) is 8.89. The summed E-state index contributed by atoms with van der Waals surface area (Å²) in [5.41, 5.74) is 0.513. The summed E-state index contributed by atoms with van der Waals surface area (Å²) in [7, 11) is 1.24. The number of hydrogen-bond acceptors (Lipinski definition) is 6. The molecule has 7 heteroatoms. The summed E-state index contributed by atoms with van der Waals surface area (Å²) in [6.07, 6.45) is 1.48. The summed E-state index contributed by atoms with van der Waals surface area (Å²) >= 11 is 0. The van der Waals surface area contributed by atoms with Gasteiger partial charge in [-0.25, -0.2) is 4.98 Å². The first kappa shape index (κ1) is 11.9. The number of carbonyl (C=O) groups excluding carboxylic acids is 1. The van der Waals surface area contributed by atoms with Crippen molar-refractivity contribution in [2.24, 2.45) is 0 Å². The van der Waals surface area contributed by atoms with Gasteiger partial charge in [0.05, 0.1) is 12.0 Å². The van der Waals surface area contributed by atoms with Crippen molar-refractivity contribution in [1.82, 2.24) is 4.98 Å². The molecule has 0 aromatic carbocycles. The number of esters is 1. The Morgan fingerprint density at radius 1 is 1.69 bits per heavy atom. The van der Waals surface area contributed by atoms with Crippen LogP contribution in [-0.2, 0) is 9.53 Å². The maximum absolute atomic E-state index is 10.9. The number of nitrogens with one attached hydrogen (secondary N) is 1. The van der Waals surface area contributed by atoms with Crippen LogP contribution < -0.4 is 5.32 Å². The Bertz CT molecular complexity index is 419. The first-order valence-corrected chi connectivity index (χ1v) is 4.46. The van der Waals surface area contributed by atoms with Crippen LogP contribution in [0, 0.1) is 17.0 Å².